The molecule has 2 aliphatic rings. The molecule has 0 aromatic carbocycles. The molecule has 2 aromatic heterocycles. The normalized spacial score (nSPS) is 18.4. The highest BCUT2D eigenvalue weighted by Crippen LogP contribution is 2.31. The number of hydrogen-bond acceptors (Lipinski definition) is 6. The van der Waals surface area contributed by atoms with E-state index in [1.807, 2.05) is 4.90 Å². The van der Waals surface area contributed by atoms with E-state index in [1.54, 1.807) is 6.07 Å². The molecule has 1 saturated carbocycles. The van der Waals surface area contributed by atoms with E-state index in [2.05, 4.69) is 25.3 Å². The molecule has 8 nitrogen and oxygen atoms in total. The van der Waals surface area contributed by atoms with Gasteiger partial charge in [0.2, 0.25) is 5.91 Å². The maximum Gasteiger partial charge on any atom is 0.422 e. The maximum absolute atomic E-state index is 12.8. The van der Waals surface area contributed by atoms with E-state index in [-0.39, 0.29) is 34.5 Å². The first-order valence-corrected chi connectivity index (χ1v) is 11.2. The van der Waals surface area contributed by atoms with Crippen LogP contribution in [0.1, 0.15) is 36.0 Å². The highest BCUT2D eigenvalue weighted by molar-refractivity contribution is 6.33. The van der Waals surface area contributed by atoms with Gasteiger partial charge in [0.25, 0.3) is 5.91 Å². The lowest BCUT2D eigenvalue weighted by atomic mass is 10.0. The van der Waals surface area contributed by atoms with Gasteiger partial charge in [0.1, 0.15) is 17.4 Å². The molecule has 0 bridgehead atoms. The van der Waals surface area contributed by atoms with Crippen molar-refractivity contribution < 1.29 is 27.5 Å². The van der Waals surface area contributed by atoms with Crippen LogP contribution in [0.3, 0.4) is 0 Å². The number of hydrogen-bond donors (Lipinski definition) is 2. The number of piperidine rings is 1. The van der Waals surface area contributed by atoms with Crippen LogP contribution in [0.15, 0.2) is 30.6 Å². The van der Waals surface area contributed by atoms with E-state index < -0.39 is 12.8 Å². The zero-order valence-electron chi connectivity index (χ0n) is 18.1. The molecule has 2 aromatic rings. The molecule has 2 amide bonds. The zero-order chi connectivity index (χ0) is 24.3. The monoisotopic (exact) mass is 497 g/mol. The van der Waals surface area contributed by atoms with E-state index >= 15 is 0 Å². The van der Waals surface area contributed by atoms with Crippen LogP contribution in [0.5, 0.6) is 5.75 Å². The molecule has 0 spiro atoms. The standard InChI is InChI=1S/C22H23ClF3N5O3/c23-17-9-16(34-12-22(24,25)26)10-28-19(17)31-7-1-2-15(11-31)29-21(33)14-5-6-27-18(8-14)30-20(32)13-3-4-13/h5-6,8-10,13,15H,1-4,7,11-12H2,(H,29,33)(H,27,30,32). The topological polar surface area (TPSA) is 96.5 Å². The summed E-state index contributed by atoms with van der Waals surface area (Å²) in [5.74, 6) is 0.305. The van der Waals surface area contributed by atoms with Gasteiger partial charge in [-0.3, -0.25) is 9.59 Å². The largest absolute Gasteiger partial charge is 0.482 e. The average Bonchev–Trinajstić information content (AvgIpc) is 3.63. The van der Waals surface area contributed by atoms with Crippen LogP contribution in [0.25, 0.3) is 0 Å². The highest BCUT2D eigenvalue weighted by Gasteiger charge is 2.30. The summed E-state index contributed by atoms with van der Waals surface area (Å²) in [6.45, 7) is -0.366. The molecule has 4 rings (SSSR count). The number of halogens is 4. The molecule has 1 saturated heterocycles. The molecule has 1 atom stereocenters. The van der Waals surface area contributed by atoms with E-state index in [4.69, 9.17) is 11.6 Å². The minimum atomic E-state index is -4.46. The Morgan fingerprint density at radius 2 is 2.00 bits per heavy atom. The van der Waals surface area contributed by atoms with E-state index in [9.17, 15) is 22.8 Å². The third-order valence-electron chi connectivity index (χ3n) is 5.48. The lowest BCUT2D eigenvalue weighted by Gasteiger charge is -2.34. The molecule has 1 aliphatic carbocycles. The molecule has 1 aliphatic heterocycles. The van der Waals surface area contributed by atoms with Crippen molar-refractivity contribution in [3.63, 3.8) is 0 Å². The van der Waals surface area contributed by atoms with Crippen LogP contribution in [-0.4, -0.2) is 53.7 Å². The summed E-state index contributed by atoms with van der Waals surface area (Å²) in [5.41, 5.74) is 0.376. The van der Waals surface area contributed by atoms with Crippen LogP contribution in [-0.2, 0) is 4.79 Å². The molecule has 2 N–H and O–H groups in total. The van der Waals surface area contributed by atoms with Crippen molar-refractivity contribution >= 4 is 35.1 Å². The molecule has 182 valence electrons. The summed E-state index contributed by atoms with van der Waals surface area (Å²) in [4.78, 5) is 34.9. The van der Waals surface area contributed by atoms with E-state index in [0.717, 1.165) is 25.7 Å². The molecule has 1 unspecified atom stereocenters. The number of aromatic nitrogens is 2. The lowest BCUT2D eigenvalue weighted by Crippen LogP contribution is -2.48. The Bertz CT molecular complexity index is 1060. The zero-order valence-corrected chi connectivity index (χ0v) is 18.8. The first-order valence-electron chi connectivity index (χ1n) is 10.9. The fraction of sp³-hybridized carbons (Fsp3) is 0.455. The van der Waals surface area contributed by atoms with Crippen molar-refractivity contribution in [1.82, 2.24) is 15.3 Å². The fourth-order valence-corrected chi connectivity index (χ4v) is 3.94. The van der Waals surface area contributed by atoms with Crippen LogP contribution in [0.4, 0.5) is 24.8 Å². The number of anilines is 2. The minimum Gasteiger partial charge on any atom is -0.482 e. The second kappa shape index (κ2) is 10.0. The molecule has 12 heteroatoms. The summed E-state index contributed by atoms with van der Waals surface area (Å²) in [7, 11) is 0. The molecule has 3 heterocycles. The molecule has 34 heavy (non-hydrogen) atoms. The number of nitrogens with one attached hydrogen (secondary N) is 2. The van der Waals surface area contributed by atoms with Crippen molar-refractivity contribution in [3.8, 4) is 5.75 Å². The Morgan fingerprint density at radius 1 is 1.21 bits per heavy atom. The minimum absolute atomic E-state index is 0.0261. The second-order valence-corrected chi connectivity index (χ2v) is 8.74. The molecular formula is C22H23ClF3N5O3. The van der Waals surface area contributed by atoms with Gasteiger partial charge in [-0.25, -0.2) is 9.97 Å². The van der Waals surface area contributed by atoms with Gasteiger partial charge in [-0.2, -0.15) is 13.2 Å². The van der Waals surface area contributed by atoms with Crippen molar-refractivity contribution in [2.75, 3.05) is 29.9 Å². The number of alkyl halides is 3. The second-order valence-electron chi connectivity index (χ2n) is 8.33. The number of carbonyl (C=O) groups excluding carboxylic acids is 2. The van der Waals surface area contributed by atoms with Crippen LogP contribution in [0, 0.1) is 5.92 Å². The maximum atomic E-state index is 12.8. The smallest absolute Gasteiger partial charge is 0.422 e. The first-order chi connectivity index (χ1) is 16.2. The fourth-order valence-electron chi connectivity index (χ4n) is 3.66. The average molecular weight is 498 g/mol. The van der Waals surface area contributed by atoms with Crippen molar-refractivity contribution in [2.45, 2.75) is 37.9 Å². The number of rotatable bonds is 7. The van der Waals surface area contributed by atoms with Gasteiger partial charge in [0.15, 0.2) is 6.61 Å². The SMILES string of the molecule is O=C(NC1CCCN(c2ncc(OCC(F)(F)F)cc2Cl)C1)c1ccnc(NC(=O)C2CC2)c1. The van der Waals surface area contributed by atoms with Crippen molar-refractivity contribution in [3.05, 3.63) is 41.2 Å². The van der Waals surface area contributed by atoms with Gasteiger partial charge < -0.3 is 20.3 Å². The number of ether oxygens (including phenoxy) is 1. The van der Waals surface area contributed by atoms with Crippen molar-refractivity contribution in [2.24, 2.45) is 5.92 Å². The summed E-state index contributed by atoms with van der Waals surface area (Å²) in [5, 5.41) is 5.87. The Hall–Kier alpha value is -3.08. The Balaban J connectivity index is 1.36. The van der Waals surface area contributed by atoms with Crippen LogP contribution >= 0.6 is 11.6 Å². The number of nitrogens with zero attached hydrogens (tertiary/aromatic N) is 3. The molecular weight excluding hydrogens is 475 g/mol. The Labute approximate surface area is 198 Å². The van der Waals surface area contributed by atoms with Crippen LogP contribution in [0.2, 0.25) is 5.02 Å². The molecule has 2 fully saturated rings. The quantitative estimate of drug-likeness (QED) is 0.604. The first kappa shape index (κ1) is 24.1. The summed E-state index contributed by atoms with van der Waals surface area (Å²) >= 11 is 6.25. The van der Waals surface area contributed by atoms with Gasteiger partial charge in [0, 0.05) is 42.9 Å². The van der Waals surface area contributed by atoms with Gasteiger partial charge >= 0.3 is 6.18 Å². The van der Waals surface area contributed by atoms with Gasteiger partial charge in [-0.05, 0) is 37.8 Å². The summed E-state index contributed by atoms with van der Waals surface area (Å²) in [6, 6.07) is 4.21. The summed E-state index contributed by atoms with van der Waals surface area (Å²) < 4.78 is 41.7. The summed E-state index contributed by atoms with van der Waals surface area (Å²) in [6.07, 6.45) is 1.44. The Kier molecular flexibility index (Phi) is 7.11. The predicted molar refractivity (Wildman–Crippen MR) is 119 cm³/mol. The Morgan fingerprint density at radius 3 is 2.71 bits per heavy atom. The number of amides is 2. The van der Waals surface area contributed by atoms with Gasteiger partial charge in [-0.15, -0.1) is 0 Å². The third kappa shape index (κ3) is 6.49. The highest BCUT2D eigenvalue weighted by atomic mass is 35.5. The van der Waals surface area contributed by atoms with Gasteiger partial charge in [-0.1, -0.05) is 11.6 Å². The number of pyridine rings is 2. The lowest BCUT2D eigenvalue weighted by molar-refractivity contribution is -0.153. The van der Waals surface area contributed by atoms with Gasteiger partial charge in [0.05, 0.1) is 11.2 Å². The van der Waals surface area contributed by atoms with Crippen LogP contribution < -0.4 is 20.3 Å². The molecule has 0 radical (unpaired) electrons. The third-order valence-corrected chi connectivity index (χ3v) is 5.75. The van der Waals surface area contributed by atoms with E-state index in [0.29, 0.717) is 30.3 Å². The number of carbonyl (C=O) groups is 2. The van der Waals surface area contributed by atoms with Crippen molar-refractivity contribution in [1.29, 1.82) is 0 Å². The van der Waals surface area contributed by atoms with E-state index in [1.165, 1.54) is 24.5 Å². The predicted octanol–water partition coefficient (Wildman–Crippen LogP) is 3.82.